The molecule has 9 rings (SSSR count). The first-order valence-electron chi connectivity index (χ1n) is 27.9. The van der Waals surface area contributed by atoms with Gasteiger partial charge >= 0.3 is 6.09 Å². The average molecular weight is 1100 g/mol. The second-order valence-corrected chi connectivity index (χ2v) is 25.8. The van der Waals surface area contributed by atoms with E-state index in [1.54, 1.807) is 24.8 Å². The summed E-state index contributed by atoms with van der Waals surface area (Å²) < 4.78 is 17.9. The number of aromatic nitrogens is 1. The molecule has 1 saturated carbocycles. The number of carbonyl (C=O) groups is 5. The van der Waals surface area contributed by atoms with Crippen LogP contribution in [0, 0.1) is 17.3 Å². The number of para-hydroxylation sites is 1. The van der Waals surface area contributed by atoms with Gasteiger partial charge in [-0.15, -0.1) is 0 Å². The SMILES string of the molecule is CC[C@@H](C)C(=O)N[C@@H](C)C(=O)CCCSSCCOC(=O)NNC(=O)[C@@]1(O)[C@H](O)[C@]2(CC)CCCN3CC[C@@]4(c5cc([C@@]6(COC=O)C[C@@H]7CN(CCc8c6[nH]c6ccccc86)C[C@](O)(CC)C7)c(OC)cc5N(C)[C@@H]14)[C@@H]32. The number of benzene rings is 2. The number of piperidine rings is 2. The molecule has 3 aromatic rings. The summed E-state index contributed by atoms with van der Waals surface area (Å²) in [6, 6.07) is 10.6. The minimum atomic E-state index is -2.46. The molecule has 2 bridgehead atoms. The van der Waals surface area contributed by atoms with E-state index in [1.807, 2.05) is 57.8 Å². The van der Waals surface area contributed by atoms with Crippen molar-refractivity contribution in [1.29, 1.82) is 0 Å². The predicted molar refractivity (Wildman–Crippen MR) is 298 cm³/mol. The summed E-state index contributed by atoms with van der Waals surface area (Å²) >= 11 is 0. The van der Waals surface area contributed by atoms with Gasteiger partial charge in [-0.3, -0.25) is 34.4 Å². The van der Waals surface area contributed by atoms with Crippen LogP contribution in [0.15, 0.2) is 36.4 Å². The van der Waals surface area contributed by atoms with Crippen LogP contribution >= 0.6 is 21.6 Å². The standard InChI is InChI=1S/C57H81N7O11S2/c1-8-35(4)47(67)58-36(5)44(66)17-13-25-76-77-26-24-75-52(70)61-60-51(69)57(72)49-56(20-23-64-21-14-19-54(10-3,48(56)64)50(57)68)40-27-41(45(73-7)28-43(40)62(49)6)55(33-74-34-65)30-37-29-53(71,9-2)32-63(31-37)22-18-39-38-15-11-12-16-42(38)59-46(39)55/h11-12,15-16,27-28,34-37,48-50,59,68,71-72H,8-10,13-14,17-26,29-33H2,1-7H3,(H,58,67)(H,60,69)(H,61,70)/t35-,36+,37-,48+,49-,50-,53+,54-,55+,56-,57+/m1/s1. The molecule has 1 aromatic heterocycles. The summed E-state index contributed by atoms with van der Waals surface area (Å²) in [7, 11) is 6.50. The quantitative estimate of drug-likeness (QED) is 0.0320. The lowest BCUT2D eigenvalue weighted by molar-refractivity contribution is -0.222. The van der Waals surface area contributed by atoms with Crippen molar-refractivity contribution in [3.8, 4) is 5.75 Å². The molecule has 1 spiro atoms. The van der Waals surface area contributed by atoms with E-state index in [9.17, 15) is 34.5 Å². The van der Waals surface area contributed by atoms with Crippen LogP contribution in [0.25, 0.3) is 10.9 Å². The third-order valence-electron chi connectivity index (χ3n) is 19.0. The van der Waals surface area contributed by atoms with Crippen LogP contribution in [0.1, 0.15) is 121 Å². The number of fused-ring (bicyclic) bond motifs is 6. The molecule has 3 amide bonds. The van der Waals surface area contributed by atoms with Crippen molar-refractivity contribution < 1.29 is 53.5 Å². The normalized spacial score (nSPS) is 32.0. The molecule has 2 aromatic carbocycles. The number of rotatable bonds is 20. The van der Waals surface area contributed by atoms with E-state index in [4.69, 9.17) is 14.2 Å². The van der Waals surface area contributed by atoms with Crippen molar-refractivity contribution in [2.45, 2.75) is 152 Å². The summed E-state index contributed by atoms with van der Waals surface area (Å²) in [6.07, 6.45) is 3.87. The van der Waals surface area contributed by atoms with Gasteiger partial charge in [-0.1, -0.05) is 67.5 Å². The number of methoxy groups -OCH3 is 1. The summed E-state index contributed by atoms with van der Waals surface area (Å²) in [5.74, 6) is 0.377. The molecular weight excluding hydrogens is 1020 g/mol. The van der Waals surface area contributed by atoms with Crippen molar-refractivity contribution in [3.63, 3.8) is 0 Å². The number of aliphatic hydroxyl groups is 3. The first-order valence-corrected chi connectivity index (χ1v) is 30.4. The monoisotopic (exact) mass is 1100 g/mol. The minimum Gasteiger partial charge on any atom is -0.496 e. The zero-order valence-corrected chi connectivity index (χ0v) is 47.5. The van der Waals surface area contributed by atoms with E-state index in [2.05, 4.69) is 49.2 Å². The number of nitrogens with one attached hydrogen (secondary N) is 4. The number of anilines is 1. The van der Waals surface area contributed by atoms with E-state index in [0.717, 1.165) is 65.0 Å². The molecule has 1 unspecified atom stereocenters. The number of ether oxygens (including phenoxy) is 3. The number of amides is 3. The molecule has 1 aliphatic carbocycles. The van der Waals surface area contributed by atoms with Crippen molar-refractivity contribution in [3.05, 3.63) is 58.8 Å². The van der Waals surface area contributed by atoms with Crippen molar-refractivity contribution >= 4 is 68.3 Å². The van der Waals surface area contributed by atoms with Crippen LogP contribution in [-0.4, -0.2) is 167 Å². The fourth-order valence-corrected chi connectivity index (χ4v) is 17.2. The van der Waals surface area contributed by atoms with Gasteiger partial charge in [-0.2, -0.15) is 0 Å². The van der Waals surface area contributed by atoms with Crippen molar-refractivity contribution in [2.24, 2.45) is 17.3 Å². The zero-order valence-electron chi connectivity index (χ0n) is 45.9. The van der Waals surface area contributed by atoms with E-state index in [0.29, 0.717) is 101 Å². The summed E-state index contributed by atoms with van der Waals surface area (Å²) in [5.41, 5.74) is 3.99. The van der Waals surface area contributed by atoms with Gasteiger partial charge in [0.15, 0.2) is 11.4 Å². The fraction of sp³-hybridized carbons (Fsp3) is 0.667. The highest BCUT2D eigenvalue weighted by molar-refractivity contribution is 8.76. The lowest BCUT2D eigenvalue weighted by Gasteiger charge is -2.64. The Morgan fingerprint density at radius 1 is 0.961 bits per heavy atom. The largest absolute Gasteiger partial charge is 0.496 e. The molecule has 18 nitrogen and oxygen atoms in total. The highest BCUT2D eigenvalue weighted by Gasteiger charge is 2.79. The van der Waals surface area contributed by atoms with Crippen molar-refractivity contribution in [2.75, 3.05) is 76.5 Å². The number of ketones is 1. The molecule has 77 heavy (non-hydrogen) atoms. The molecule has 12 atom stereocenters. The highest BCUT2D eigenvalue weighted by atomic mass is 33.1. The van der Waals surface area contributed by atoms with Gasteiger partial charge < -0.3 is 44.7 Å². The fourth-order valence-electron chi connectivity index (χ4n) is 15.2. The average Bonchev–Trinajstić information content (AvgIpc) is 4.29. The molecule has 5 aliphatic heterocycles. The van der Waals surface area contributed by atoms with E-state index in [-0.39, 0.29) is 42.8 Å². The Morgan fingerprint density at radius 2 is 1.74 bits per heavy atom. The topological polar surface area (TPSA) is 235 Å². The second kappa shape index (κ2) is 22.9. The number of nitrogens with zero attached hydrogens (tertiary/aromatic N) is 3. The van der Waals surface area contributed by atoms with E-state index >= 15 is 4.79 Å². The third kappa shape index (κ3) is 9.91. The van der Waals surface area contributed by atoms with Gasteiger partial charge in [-0.25, -0.2) is 10.2 Å². The number of aliphatic hydroxyl groups excluding tert-OH is 1. The number of hydrogen-bond acceptors (Lipinski definition) is 16. The number of Topliss-reactive ketones (excluding diaryl/α,β-unsaturated/α-hetero) is 1. The van der Waals surface area contributed by atoms with Gasteiger partial charge in [0.25, 0.3) is 12.4 Å². The number of likely N-dealkylation sites (N-methyl/N-ethyl adjacent to an activating group) is 1. The van der Waals surface area contributed by atoms with Gasteiger partial charge in [0, 0.05) is 101 Å². The number of H-pyrrole nitrogens is 1. The van der Waals surface area contributed by atoms with Crippen molar-refractivity contribution in [1.82, 2.24) is 31.0 Å². The maximum absolute atomic E-state index is 15.1. The van der Waals surface area contributed by atoms with Crippen LogP contribution in [0.4, 0.5) is 10.5 Å². The lowest BCUT2D eigenvalue weighted by atomic mass is 9.46. The van der Waals surface area contributed by atoms with Gasteiger partial charge in [0.05, 0.1) is 30.2 Å². The Hall–Kier alpha value is -4.57. The molecule has 0 radical (unpaired) electrons. The summed E-state index contributed by atoms with van der Waals surface area (Å²) in [4.78, 5) is 76.2. The Bertz CT molecular complexity index is 2700. The molecule has 3 saturated heterocycles. The minimum absolute atomic E-state index is 0.0175. The van der Waals surface area contributed by atoms with Crippen LogP contribution in [0.5, 0.6) is 5.75 Å². The molecular formula is C57H81N7O11S2. The van der Waals surface area contributed by atoms with Crippen LogP contribution < -0.4 is 25.8 Å². The second-order valence-electron chi connectivity index (χ2n) is 23.0. The van der Waals surface area contributed by atoms with Crippen LogP contribution in [-0.2, 0) is 45.9 Å². The van der Waals surface area contributed by atoms with Gasteiger partial charge in [0.2, 0.25) is 5.91 Å². The molecule has 7 N–H and O–H groups in total. The van der Waals surface area contributed by atoms with E-state index < -0.39 is 57.6 Å². The molecule has 422 valence electrons. The summed E-state index contributed by atoms with van der Waals surface area (Å²) in [5, 5.41) is 42.5. The number of hydrazine groups is 1. The molecule has 4 fully saturated rings. The Kier molecular flexibility index (Phi) is 17.0. The van der Waals surface area contributed by atoms with Gasteiger partial charge in [-0.05, 0) is 113 Å². The molecule has 6 heterocycles. The predicted octanol–water partition coefficient (Wildman–Crippen LogP) is 5.51. The van der Waals surface area contributed by atoms with Crippen LogP contribution in [0.2, 0.25) is 0 Å². The Balaban J connectivity index is 1.01. The summed E-state index contributed by atoms with van der Waals surface area (Å²) in [6.45, 7) is 13.5. The maximum atomic E-state index is 15.1. The van der Waals surface area contributed by atoms with Crippen LogP contribution in [0.3, 0.4) is 0 Å². The highest BCUT2D eigenvalue weighted by Crippen LogP contribution is 2.68. The first-order chi connectivity index (χ1) is 36.9. The number of hydrogen-bond donors (Lipinski definition) is 7. The maximum Gasteiger partial charge on any atom is 0.426 e. The number of aromatic amines is 1. The zero-order chi connectivity index (χ0) is 55.1. The Morgan fingerprint density at radius 3 is 2.48 bits per heavy atom. The first kappa shape index (κ1) is 57.1. The van der Waals surface area contributed by atoms with Gasteiger partial charge in [0.1, 0.15) is 25.1 Å². The Labute approximate surface area is 460 Å². The molecule has 6 aliphatic rings. The lowest BCUT2D eigenvalue weighted by Crippen LogP contribution is -2.82. The smallest absolute Gasteiger partial charge is 0.426 e. The number of carbonyl (C=O) groups excluding carboxylic acids is 5. The third-order valence-corrected chi connectivity index (χ3v) is 21.4. The van der Waals surface area contributed by atoms with E-state index in [1.165, 1.54) is 10.8 Å². The molecule has 20 heteroatoms.